The van der Waals surface area contributed by atoms with Crippen molar-refractivity contribution in [1.29, 1.82) is 5.26 Å². The van der Waals surface area contributed by atoms with E-state index in [4.69, 9.17) is 9.78 Å². The van der Waals surface area contributed by atoms with Gasteiger partial charge in [-0.3, -0.25) is 0 Å². The Balaban J connectivity index is 1.82. The third-order valence-corrected chi connectivity index (χ3v) is 2.98. The first-order chi connectivity index (χ1) is 10.3. The summed E-state index contributed by atoms with van der Waals surface area (Å²) in [5, 5.41) is 20.7. The molecular formula is C13H13N7O. The molecule has 0 fully saturated rings. The van der Waals surface area contributed by atoms with Gasteiger partial charge in [0.1, 0.15) is 12.1 Å². The number of fused-ring (bicyclic) bond motifs is 1. The molecule has 0 aliphatic rings. The molecule has 3 aromatic heterocycles. The first kappa shape index (κ1) is 13.1. The maximum Gasteiger partial charge on any atom is 0.163 e. The Morgan fingerprint density at radius 3 is 3.10 bits per heavy atom. The van der Waals surface area contributed by atoms with Crippen LogP contribution in [0.25, 0.3) is 11.0 Å². The normalized spacial score (nSPS) is 10.7. The van der Waals surface area contributed by atoms with Crippen molar-refractivity contribution < 1.29 is 4.52 Å². The number of nitrogens with zero attached hydrogens (tertiary/aromatic N) is 6. The van der Waals surface area contributed by atoms with E-state index in [2.05, 4.69) is 31.6 Å². The van der Waals surface area contributed by atoms with Crippen LogP contribution in [0.2, 0.25) is 0 Å². The lowest BCUT2D eigenvalue weighted by molar-refractivity contribution is 0.384. The van der Waals surface area contributed by atoms with Crippen LogP contribution >= 0.6 is 0 Å². The Labute approximate surface area is 120 Å². The number of hydrogen-bond donors (Lipinski definition) is 1. The Kier molecular flexibility index (Phi) is 3.47. The highest BCUT2D eigenvalue weighted by Crippen LogP contribution is 2.19. The van der Waals surface area contributed by atoms with Crippen LogP contribution < -0.4 is 5.32 Å². The van der Waals surface area contributed by atoms with Gasteiger partial charge in [-0.25, -0.2) is 14.6 Å². The van der Waals surface area contributed by atoms with E-state index in [9.17, 15) is 0 Å². The monoisotopic (exact) mass is 283 g/mol. The van der Waals surface area contributed by atoms with Crippen LogP contribution in [0.4, 0.5) is 5.82 Å². The van der Waals surface area contributed by atoms with Gasteiger partial charge in [-0.05, 0) is 6.92 Å². The maximum absolute atomic E-state index is 8.65. The average molecular weight is 283 g/mol. The van der Waals surface area contributed by atoms with Gasteiger partial charge in [-0.1, -0.05) is 5.16 Å². The number of anilines is 1. The smallest absolute Gasteiger partial charge is 0.163 e. The fourth-order valence-corrected chi connectivity index (χ4v) is 2.02. The first-order valence-corrected chi connectivity index (χ1v) is 6.47. The molecule has 21 heavy (non-hydrogen) atoms. The summed E-state index contributed by atoms with van der Waals surface area (Å²) < 4.78 is 6.84. The van der Waals surface area contributed by atoms with Gasteiger partial charge in [0.05, 0.1) is 42.9 Å². The molecule has 106 valence electrons. The van der Waals surface area contributed by atoms with Gasteiger partial charge >= 0.3 is 0 Å². The molecule has 0 aliphatic heterocycles. The second-order valence-electron chi connectivity index (χ2n) is 4.52. The Morgan fingerprint density at radius 2 is 2.33 bits per heavy atom. The van der Waals surface area contributed by atoms with E-state index in [1.54, 1.807) is 10.9 Å². The minimum Gasteiger partial charge on any atom is -0.362 e. The molecular weight excluding hydrogens is 270 g/mol. The molecule has 8 nitrogen and oxygen atoms in total. The molecule has 0 aliphatic carbocycles. The number of aromatic nitrogens is 5. The zero-order valence-corrected chi connectivity index (χ0v) is 11.4. The fourth-order valence-electron chi connectivity index (χ4n) is 2.02. The van der Waals surface area contributed by atoms with Gasteiger partial charge in [0.15, 0.2) is 11.4 Å². The van der Waals surface area contributed by atoms with E-state index in [-0.39, 0.29) is 0 Å². The maximum atomic E-state index is 8.65. The highest BCUT2D eigenvalue weighted by Gasteiger charge is 2.10. The van der Waals surface area contributed by atoms with Crippen LogP contribution in [-0.4, -0.2) is 24.9 Å². The summed E-state index contributed by atoms with van der Waals surface area (Å²) in [5.41, 5.74) is 1.54. The van der Waals surface area contributed by atoms with Crippen LogP contribution in [0.15, 0.2) is 23.1 Å². The zero-order valence-electron chi connectivity index (χ0n) is 11.4. The quantitative estimate of drug-likeness (QED) is 0.758. The number of rotatable bonds is 5. The summed E-state index contributed by atoms with van der Waals surface area (Å²) in [4.78, 5) is 8.44. The molecule has 3 aromatic rings. The molecule has 0 amide bonds. The lowest BCUT2D eigenvalue weighted by Crippen LogP contribution is -2.03. The molecule has 0 unspecified atom stereocenters. The molecule has 0 spiro atoms. The van der Waals surface area contributed by atoms with Crippen LogP contribution in [0.1, 0.15) is 17.9 Å². The predicted octanol–water partition coefficient (Wildman–Crippen LogP) is 1.65. The highest BCUT2D eigenvalue weighted by molar-refractivity contribution is 5.85. The number of aryl methyl sites for hydroxylation is 2. The standard InChI is InChI=1S/C13H13N7O/c1-9-5-10(21-19-9)6-15-12-11-7-18-20(4-2-3-14)13(11)17-8-16-12/h5,7-8H,2,4,6H2,1H3,(H,15,16,17). The molecule has 0 aromatic carbocycles. The lowest BCUT2D eigenvalue weighted by atomic mass is 10.3. The molecule has 0 saturated heterocycles. The average Bonchev–Trinajstić information content (AvgIpc) is 3.09. The first-order valence-electron chi connectivity index (χ1n) is 6.47. The fraction of sp³-hybridized carbons (Fsp3) is 0.308. The van der Waals surface area contributed by atoms with E-state index in [0.717, 1.165) is 16.8 Å². The van der Waals surface area contributed by atoms with Crippen molar-refractivity contribution >= 4 is 16.9 Å². The van der Waals surface area contributed by atoms with Gasteiger partial charge in [0.2, 0.25) is 0 Å². The Morgan fingerprint density at radius 1 is 1.43 bits per heavy atom. The molecule has 3 heterocycles. The predicted molar refractivity (Wildman–Crippen MR) is 74.1 cm³/mol. The summed E-state index contributed by atoms with van der Waals surface area (Å²) in [5.74, 6) is 1.41. The van der Waals surface area contributed by atoms with E-state index in [0.29, 0.717) is 31.0 Å². The topological polar surface area (TPSA) is 105 Å². The second-order valence-corrected chi connectivity index (χ2v) is 4.52. The van der Waals surface area contributed by atoms with Gasteiger partial charge in [0, 0.05) is 6.07 Å². The van der Waals surface area contributed by atoms with E-state index >= 15 is 0 Å². The minimum absolute atomic E-state index is 0.390. The Bertz CT molecular complexity index is 798. The number of nitriles is 1. The second kappa shape index (κ2) is 5.58. The third kappa shape index (κ3) is 2.67. The summed E-state index contributed by atoms with van der Waals surface area (Å²) in [6.07, 6.45) is 3.56. The van der Waals surface area contributed by atoms with E-state index in [1.165, 1.54) is 6.33 Å². The molecule has 8 heteroatoms. The minimum atomic E-state index is 0.390. The number of nitrogens with one attached hydrogen (secondary N) is 1. The van der Waals surface area contributed by atoms with Crippen molar-refractivity contribution in [2.75, 3.05) is 5.32 Å². The van der Waals surface area contributed by atoms with Crippen LogP contribution in [0.3, 0.4) is 0 Å². The van der Waals surface area contributed by atoms with Crippen LogP contribution in [0.5, 0.6) is 0 Å². The largest absolute Gasteiger partial charge is 0.362 e. The summed E-state index contributed by atoms with van der Waals surface area (Å²) in [6, 6.07) is 3.96. The Hall–Kier alpha value is -2.95. The van der Waals surface area contributed by atoms with Crippen molar-refractivity contribution in [2.24, 2.45) is 0 Å². The molecule has 0 saturated carbocycles. The summed E-state index contributed by atoms with van der Waals surface area (Å²) in [6.45, 7) is 2.86. The van der Waals surface area contributed by atoms with E-state index in [1.807, 2.05) is 13.0 Å². The van der Waals surface area contributed by atoms with Crippen LogP contribution in [0, 0.1) is 18.3 Å². The van der Waals surface area contributed by atoms with Crippen molar-refractivity contribution in [2.45, 2.75) is 26.4 Å². The van der Waals surface area contributed by atoms with E-state index < -0.39 is 0 Å². The molecule has 0 atom stereocenters. The SMILES string of the molecule is Cc1cc(CNc2ncnc3c2cnn3CCC#N)on1. The van der Waals surface area contributed by atoms with Crippen LogP contribution in [-0.2, 0) is 13.1 Å². The third-order valence-electron chi connectivity index (χ3n) is 2.98. The highest BCUT2D eigenvalue weighted by atomic mass is 16.5. The molecule has 3 rings (SSSR count). The molecule has 0 bridgehead atoms. The molecule has 1 N–H and O–H groups in total. The zero-order chi connectivity index (χ0) is 14.7. The van der Waals surface area contributed by atoms with Crippen molar-refractivity contribution in [3.8, 4) is 6.07 Å². The van der Waals surface area contributed by atoms with Crippen molar-refractivity contribution in [3.05, 3.63) is 30.0 Å². The van der Waals surface area contributed by atoms with Gasteiger partial charge < -0.3 is 9.84 Å². The van der Waals surface area contributed by atoms with Gasteiger partial charge in [0.25, 0.3) is 0 Å². The molecule has 0 radical (unpaired) electrons. The van der Waals surface area contributed by atoms with Crippen molar-refractivity contribution in [3.63, 3.8) is 0 Å². The summed E-state index contributed by atoms with van der Waals surface area (Å²) in [7, 11) is 0. The van der Waals surface area contributed by atoms with Gasteiger partial charge in [-0.2, -0.15) is 10.4 Å². The number of hydrogen-bond acceptors (Lipinski definition) is 7. The lowest BCUT2D eigenvalue weighted by Gasteiger charge is -2.04. The van der Waals surface area contributed by atoms with Gasteiger partial charge in [-0.15, -0.1) is 0 Å². The summed E-state index contributed by atoms with van der Waals surface area (Å²) >= 11 is 0. The van der Waals surface area contributed by atoms with Crippen molar-refractivity contribution in [1.82, 2.24) is 24.9 Å².